The average molecular weight is 326 g/mol. The van der Waals surface area contributed by atoms with Crippen LogP contribution in [0.1, 0.15) is 39.2 Å². The van der Waals surface area contributed by atoms with Gasteiger partial charge in [-0.25, -0.2) is 0 Å². The Bertz CT molecular complexity index is 574. The Labute approximate surface area is 131 Å². The van der Waals surface area contributed by atoms with Gasteiger partial charge in [0.05, 0.1) is 13.2 Å². The fourth-order valence-electron chi connectivity index (χ4n) is 2.94. The lowest BCUT2D eigenvalue weighted by atomic mass is 9.83. The second kappa shape index (κ2) is 6.95. The Balaban J connectivity index is 2.53. The van der Waals surface area contributed by atoms with Gasteiger partial charge in [-0.05, 0) is 31.4 Å². The van der Waals surface area contributed by atoms with E-state index in [-0.39, 0.29) is 25.0 Å². The van der Waals surface area contributed by atoms with Gasteiger partial charge in [-0.2, -0.15) is 0 Å². The topological polar surface area (TPSA) is 61.8 Å². The average Bonchev–Trinajstić information content (AvgIpc) is 2.45. The number of carbonyl (C=O) groups excluding carboxylic acids is 1. The van der Waals surface area contributed by atoms with Crippen molar-refractivity contribution >= 4 is 13.6 Å². The van der Waals surface area contributed by atoms with Gasteiger partial charge in [-0.1, -0.05) is 32.0 Å². The summed E-state index contributed by atoms with van der Waals surface area (Å²) in [4.78, 5) is 12.5. The quantitative estimate of drug-likeness (QED) is 0.449. The van der Waals surface area contributed by atoms with Crippen molar-refractivity contribution in [2.45, 2.75) is 39.3 Å². The SMILES string of the molecule is CCOP(=O)(OCC)C1C(=O)Oc2ccccc2C1C(C)C. The predicted octanol–water partition coefficient (Wildman–Crippen LogP) is 3.98. The third-order valence-electron chi connectivity index (χ3n) is 3.75. The largest absolute Gasteiger partial charge is 0.426 e. The Morgan fingerprint density at radius 3 is 2.32 bits per heavy atom. The lowest BCUT2D eigenvalue weighted by Crippen LogP contribution is -2.39. The molecule has 6 heteroatoms. The highest BCUT2D eigenvalue weighted by molar-refractivity contribution is 7.55. The normalized spacial score (nSPS) is 21.6. The van der Waals surface area contributed by atoms with Crippen molar-refractivity contribution in [2.75, 3.05) is 13.2 Å². The van der Waals surface area contributed by atoms with Gasteiger partial charge in [0.15, 0.2) is 5.66 Å². The van der Waals surface area contributed by atoms with Crippen LogP contribution in [0.2, 0.25) is 0 Å². The lowest BCUT2D eigenvalue weighted by molar-refractivity contribution is -0.136. The van der Waals surface area contributed by atoms with Crippen LogP contribution in [-0.4, -0.2) is 24.8 Å². The van der Waals surface area contributed by atoms with Crippen molar-refractivity contribution in [1.82, 2.24) is 0 Å². The van der Waals surface area contributed by atoms with Crippen molar-refractivity contribution < 1.29 is 23.1 Å². The number of para-hydroxylation sites is 1. The summed E-state index contributed by atoms with van der Waals surface area (Å²) in [5, 5.41) is 0. The summed E-state index contributed by atoms with van der Waals surface area (Å²) in [5.74, 6) is -0.181. The minimum absolute atomic E-state index is 0.0910. The van der Waals surface area contributed by atoms with E-state index in [1.54, 1.807) is 19.9 Å². The molecule has 1 aliphatic rings. The molecule has 0 saturated carbocycles. The first-order valence-electron chi connectivity index (χ1n) is 7.64. The highest BCUT2D eigenvalue weighted by Gasteiger charge is 2.52. The highest BCUT2D eigenvalue weighted by Crippen LogP contribution is 2.61. The maximum atomic E-state index is 13.2. The van der Waals surface area contributed by atoms with Gasteiger partial charge >= 0.3 is 13.6 Å². The van der Waals surface area contributed by atoms with Gasteiger partial charge in [0.25, 0.3) is 0 Å². The van der Waals surface area contributed by atoms with Crippen LogP contribution >= 0.6 is 7.60 Å². The summed E-state index contributed by atoms with van der Waals surface area (Å²) in [7, 11) is -3.59. The van der Waals surface area contributed by atoms with E-state index < -0.39 is 19.2 Å². The van der Waals surface area contributed by atoms with Gasteiger partial charge in [-0.3, -0.25) is 9.36 Å². The zero-order valence-electron chi connectivity index (χ0n) is 13.4. The van der Waals surface area contributed by atoms with Crippen LogP contribution in [0, 0.1) is 5.92 Å². The molecule has 1 heterocycles. The van der Waals surface area contributed by atoms with Gasteiger partial charge in [0.1, 0.15) is 5.75 Å². The van der Waals surface area contributed by atoms with Crippen molar-refractivity contribution in [3.63, 3.8) is 0 Å². The molecule has 0 bridgehead atoms. The van der Waals surface area contributed by atoms with E-state index in [9.17, 15) is 9.36 Å². The molecule has 0 fully saturated rings. The van der Waals surface area contributed by atoms with Gasteiger partial charge < -0.3 is 13.8 Å². The Hall–Kier alpha value is -1.16. The number of carbonyl (C=O) groups is 1. The second-order valence-electron chi connectivity index (χ2n) is 5.55. The molecule has 1 aromatic rings. The van der Waals surface area contributed by atoms with Crippen LogP contribution in [0.4, 0.5) is 0 Å². The van der Waals surface area contributed by atoms with Crippen molar-refractivity contribution in [3.8, 4) is 5.75 Å². The summed E-state index contributed by atoms with van der Waals surface area (Å²) in [6, 6.07) is 7.36. The molecule has 0 radical (unpaired) electrons. The monoisotopic (exact) mass is 326 g/mol. The zero-order chi connectivity index (χ0) is 16.3. The summed E-state index contributed by atoms with van der Waals surface area (Å²) in [6.45, 7) is 7.89. The molecule has 0 N–H and O–H groups in total. The molecule has 2 rings (SSSR count). The fourth-order valence-corrected chi connectivity index (χ4v) is 5.27. The van der Waals surface area contributed by atoms with Gasteiger partial charge in [0, 0.05) is 5.92 Å². The number of benzene rings is 1. The first-order chi connectivity index (χ1) is 10.4. The van der Waals surface area contributed by atoms with Crippen LogP contribution in [0.15, 0.2) is 24.3 Å². The second-order valence-corrected chi connectivity index (χ2v) is 7.70. The third-order valence-corrected chi connectivity index (χ3v) is 6.20. The van der Waals surface area contributed by atoms with E-state index in [1.807, 2.05) is 32.0 Å². The predicted molar refractivity (Wildman–Crippen MR) is 84.3 cm³/mol. The molecule has 2 atom stereocenters. The Morgan fingerprint density at radius 1 is 1.18 bits per heavy atom. The van der Waals surface area contributed by atoms with Crippen LogP contribution in [-0.2, 0) is 18.4 Å². The number of rotatable bonds is 6. The molecule has 122 valence electrons. The number of hydrogen-bond acceptors (Lipinski definition) is 5. The van der Waals surface area contributed by atoms with E-state index in [0.29, 0.717) is 5.75 Å². The number of ether oxygens (including phenoxy) is 1. The first-order valence-corrected chi connectivity index (χ1v) is 9.25. The molecule has 0 aromatic heterocycles. The van der Waals surface area contributed by atoms with Crippen molar-refractivity contribution in [2.24, 2.45) is 5.92 Å². The van der Waals surface area contributed by atoms with Crippen LogP contribution in [0.5, 0.6) is 5.75 Å². The molecule has 22 heavy (non-hydrogen) atoms. The first kappa shape index (κ1) is 17.2. The van der Waals surface area contributed by atoms with Crippen LogP contribution in [0.3, 0.4) is 0 Å². The smallest absolute Gasteiger partial charge is 0.345 e. The molecule has 1 aromatic carbocycles. The molecule has 0 amide bonds. The summed E-state index contributed by atoms with van der Waals surface area (Å²) < 4.78 is 29.4. The van der Waals surface area contributed by atoms with Gasteiger partial charge in [0.2, 0.25) is 0 Å². The van der Waals surface area contributed by atoms with E-state index >= 15 is 0 Å². The van der Waals surface area contributed by atoms with Crippen LogP contribution < -0.4 is 4.74 Å². The lowest BCUT2D eigenvalue weighted by Gasteiger charge is -2.37. The zero-order valence-corrected chi connectivity index (χ0v) is 14.3. The molecule has 2 unspecified atom stereocenters. The minimum atomic E-state index is -3.59. The van der Waals surface area contributed by atoms with E-state index in [1.165, 1.54) is 0 Å². The maximum absolute atomic E-state index is 13.2. The van der Waals surface area contributed by atoms with E-state index in [4.69, 9.17) is 13.8 Å². The maximum Gasteiger partial charge on any atom is 0.345 e. The summed E-state index contributed by atoms with van der Waals surface area (Å²) >= 11 is 0. The fraction of sp³-hybridized carbons (Fsp3) is 0.562. The molecule has 0 spiro atoms. The Morgan fingerprint density at radius 2 is 1.77 bits per heavy atom. The number of fused-ring (bicyclic) bond motifs is 1. The third kappa shape index (κ3) is 3.12. The minimum Gasteiger partial charge on any atom is -0.426 e. The van der Waals surface area contributed by atoms with E-state index in [0.717, 1.165) is 5.56 Å². The van der Waals surface area contributed by atoms with Crippen molar-refractivity contribution in [1.29, 1.82) is 0 Å². The van der Waals surface area contributed by atoms with Gasteiger partial charge in [-0.15, -0.1) is 0 Å². The highest BCUT2D eigenvalue weighted by atomic mass is 31.2. The number of hydrogen-bond donors (Lipinski definition) is 0. The standard InChI is InChI=1S/C16H23O5P/c1-5-19-22(18,20-6-2)15-14(11(3)4)12-9-7-8-10-13(12)21-16(15)17/h7-11,14-15H,5-6H2,1-4H3. The molecular weight excluding hydrogens is 303 g/mol. The summed E-state index contributed by atoms with van der Waals surface area (Å²) in [6.07, 6.45) is 0. The van der Waals surface area contributed by atoms with E-state index in [2.05, 4.69) is 0 Å². The molecule has 1 aliphatic heterocycles. The van der Waals surface area contributed by atoms with Crippen LogP contribution in [0.25, 0.3) is 0 Å². The molecular formula is C16H23O5P. The molecule has 0 saturated heterocycles. The Kier molecular flexibility index (Phi) is 5.43. The number of esters is 1. The molecule has 0 aliphatic carbocycles. The molecule has 5 nitrogen and oxygen atoms in total. The van der Waals surface area contributed by atoms with Crippen molar-refractivity contribution in [3.05, 3.63) is 29.8 Å². The summed E-state index contributed by atoms with van der Waals surface area (Å²) in [5.41, 5.74) is -0.0518.